The number of fused-ring (bicyclic) bond motifs is 1. The number of nitrogens with one attached hydrogen (secondary N) is 1. The van der Waals surface area contributed by atoms with Gasteiger partial charge in [0.25, 0.3) is 0 Å². The normalized spacial score (nSPS) is 11.6. The molecular weight excluding hydrogens is 338 g/mol. The number of benzene rings is 1. The monoisotopic (exact) mass is 363 g/mol. The summed E-state index contributed by atoms with van der Waals surface area (Å²) in [5.74, 6) is 0.155. The van der Waals surface area contributed by atoms with Gasteiger partial charge in [0, 0.05) is 48.3 Å². The predicted molar refractivity (Wildman–Crippen MR) is 103 cm³/mol. The van der Waals surface area contributed by atoms with E-state index in [0.29, 0.717) is 36.6 Å². The fourth-order valence-electron chi connectivity index (χ4n) is 2.73. The van der Waals surface area contributed by atoms with Crippen molar-refractivity contribution in [3.05, 3.63) is 34.5 Å². The zero-order valence-electron chi connectivity index (χ0n) is 15.4. The first-order chi connectivity index (χ1) is 11.8. The van der Waals surface area contributed by atoms with E-state index < -0.39 is 0 Å². The standard InChI is InChI=1S/C19H26ClN3O2/c1-22(2)9-7-14(24)12-16-15-6-5-13(20)11-17(15)21-19(16)18(25)8-10-23(3)4/h5-6,11,21H,7-10,12H2,1-4H3. The van der Waals surface area contributed by atoms with Crippen molar-refractivity contribution in [1.82, 2.24) is 14.8 Å². The smallest absolute Gasteiger partial charge is 0.180 e. The Hall–Kier alpha value is -1.69. The van der Waals surface area contributed by atoms with E-state index in [1.54, 1.807) is 12.1 Å². The number of aromatic nitrogens is 1. The van der Waals surface area contributed by atoms with Crippen molar-refractivity contribution < 1.29 is 9.59 Å². The van der Waals surface area contributed by atoms with Crippen LogP contribution in [0.5, 0.6) is 0 Å². The van der Waals surface area contributed by atoms with E-state index >= 15 is 0 Å². The molecule has 1 N–H and O–H groups in total. The average molecular weight is 364 g/mol. The van der Waals surface area contributed by atoms with E-state index in [1.807, 2.05) is 44.1 Å². The van der Waals surface area contributed by atoms with Gasteiger partial charge in [0.2, 0.25) is 0 Å². The van der Waals surface area contributed by atoms with Gasteiger partial charge >= 0.3 is 0 Å². The molecule has 0 aliphatic heterocycles. The molecule has 0 spiro atoms. The Morgan fingerprint density at radius 1 is 1.04 bits per heavy atom. The Kier molecular flexibility index (Phi) is 6.76. The minimum Gasteiger partial charge on any atom is -0.352 e. The maximum Gasteiger partial charge on any atom is 0.180 e. The van der Waals surface area contributed by atoms with Crippen LogP contribution in [0.2, 0.25) is 5.02 Å². The van der Waals surface area contributed by atoms with Crippen LogP contribution in [0, 0.1) is 0 Å². The largest absolute Gasteiger partial charge is 0.352 e. The average Bonchev–Trinajstić information content (AvgIpc) is 2.88. The van der Waals surface area contributed by atoms with Gasteiger partial charge in [-0.25, -0.2) is 0 Å². The first kappa shape index (κ1) is 19.6. The van der Waals surface area contributed by atoms with Gasteiger partial charge in [0.05, 0.1) is 5.69 Å². The number of aromatic amines is 1. The second-order valence-corrected chi connectivity index (χ2v) is 7.35. The Bertz CT molecular complexity index is 765. The Balaban J connectivity index is 2.32. The Labute approximate surface area is 153 Å². The van der Waals surface area contributed by atoms with Gasteiger partial charge < -0.3 is 14.8 Å². The molecule has 5 nitrogen and oxygen atoms in total. The summed E-state index contributed by atoms with van der Waals surface area (Å²) < 4.78 is 0. The molecule has 0 amide bonds. The fraction of sp³-hybridized carbons (Fsp3) is 0.474. The van der Waals surface area contributed by atoms with Gasteiger partial charge in [-0.05, 0) is 45.9 Å². The van der Waals surface area contributed by atoms with Gasteiger partial charge in [-0.2, -0.15) is 0 Å². The van der Waals surface area contributed by atoms with Gasteiger partial charge in [0.15, 0.2) is 5.78 Å². The molecule has 0 saturated heterocycles. The summed E-state index contributed by atoms with van der Waals surface area (Å²) in [4.78, 5) is 32.2. The molecule has 0 atom stereocenters. The number of ketones is 2. The molecule has 0 unspecified atom stereocenters. The van der Waals surface area contributed by atoms with E-state index in [2.05, 4.69) is 4.98 Å². The number of Topliss-reactive ketones (excluding diaryl/α,β-unsaturated/α-hetero) is 2. The third-order valence-corrected chi connectivity index (χ3v) is 4.38. The molecule has 6 heteroatoms. The lowest BCUT2D eigenvalue weighted by atomic mass is 10.0. The number of halogens is 1. The maximum absolute atomic E-state index is 12.7. The van der Waals surface area contributed by atoms with Crippen LogP contribution in [-0.4, -0.2) is 67.6 Å². The molecule has 2 aromatic rings. The zero-order chi connectivity index (χ0) is 18.6. The van der Waals surface area contributed by atoms with Crippen molar-refractivity contribution in [3.8, 4) is 0 Å². The van der Waals surface area contributed by atoms with Crippen LogP contribution in [-0.2, 0) is 11.2 Å². The van der Waals surface area contributed by atoms with E-state index in [9.17, 15) is 9.59 Å². The molecule has 0 aliphatic rings. The first-order valence-electron chi connectivity index (χ1n) is 8.42. The fourth-order valence-corrected chi connectivity index (χ4v) is 2.91. The van der Waals surface area contributed by atoms with E-state index in [0.717, 1.165) is 16.5 Å². The molecule has 1 aromatic heterocycles. The molecule has 1 aromatic carbocycles. The zero-order valence-corrected chi connectivity index (χ0v) is 16.1. The lowest BCUT2D eigenvalue weighted by Crippen LogP contribution is -2.19. The third-order valence-electron chi connectivity index (χ3n) is 4.14. The van der Waals surface area contributed by atoms with Crippen LogP contribution >= 0.6 is 11.6 Å². The van der Waals surface area contributed by atoms with Crippen LogP contribution < -0.4 is 0 Å². The quantitative estimate of drug-likeness (QED) is 0.696. The van der Waals surface area contributed by atoms with Crippen LogP contribution in [0.4, 0.5) is 0 Å². The van der Waals surface area contributed by atoms with Gasteiger partial charge in [-0.1, -0.05) is 17.7 Å². The summed E-state index contributed by atoms with van der Waals surface area (Å²) in [5, 5.41) is 1.50. The van der Waals surface area contributed by atoms with Crippen molar-refractivity contribution in [2.24, 2.45) is 0 Å². The highest BCUT2D eigenvalue weighted by molar-refractivity contribution is 6.31. The molecular formula is C19H26ClN3O2. The minimum absolute atomic E-state index is 0.0245. The van der Waals surface area contributed by atoms with Crippen LogP contribution in [0.25, 0.3) is 10.9 Å². The van der Waals surface area contributed by atoms with Crippen molar-refractivity contribution in [3.63, 3.8) is 0 Å². The van der Waals surface area contributed by atoms with Crippen molar-refractivity contribution in [2.75, 3.05) is 41.3 Å². The maximum atomic E-state index is 12.7. The van der Waals surface area contributed by atoms with Crippen LogP contribution in [0.3, 0.4) is 0 Å². The summed E-state index contributed by atoms with van der Waals surface area (Å²) in [6.45, 7) is 1.37. The highest BCUT2D eigenvalue weighted by Crippen LogP contribution is 2.27. The van der Waals surface area contributed by atoms with Gasteiger partial charge in [-0.15, -0.1) is 0 Å². The molecule has 136 valence electrons. The summed E-state index contributed by atoms with van der Waals surface area (Å²) >= 11 is 6.07. The molecule has 1 heterocycles. The third kappa shape index (κ3) is 5.39. The summed E-state index contributed by atoms with van der Waals surface area (Å²) in [5.41, 5.74) is 2.13. The molecule has 25 heavy (non-hydrogen) atoms. The molecule has 0 saturated carbocycles. The Morgan fingerprint density at radius 3 is 2.32 bits per heavy atom. The molecule has 2 rings (SSSR count). The first-order valence-corrected chi connectivity index (χ1v) is 8.80. The number of carbonyl (C=O) groups is 2. The Morgan fingerprint density at radius 2 is 1.68 bits per heavy atom. The van der Waals surface area contributed by atoms with E-state index in [4.69, 9.17) is 11.6 Å². The van der Waals surface area contributed by atoms with E-state index in [-0.39, 0.29) is 18.0 Å². The summed E-state index contributed by atoms with van der Waals surface area (Å²) in [7, 11) is 7.75. The van der Waals surface area contributed by atoms with Gasteiger partial charge in [0.1, 0.15) is 5.78 Å². The second-order valence-electron chi connectivity index (χ2n) is 6.91. The van der Waals surface area contributed by atoms with Crippen molar-refractivity contribution in [1.29, 1.82) is 0 Å². The molecule has 0 fully saturated rings. The SMILES string of the molecule is CN(C)CCC(=O)Cc1c(C(=O)CCN(C)C)[nH]c2cc(Cl)ccc12. The second kappa shape index (κ2) is 8.61. The lowest BCUT2D eigenvalue weighted by molar-refractivity contribution is -0.118. The number of H-pyrrole nitrogens is 1. The van der Waals surface area contributed by atoms with Crippen LogP contribution in [0.15, 0.2) is 18.2 Å². The number of hydrogen-bond donors (Lipinski definition) is 1. The topological polar surface area (TPSA) is 56.4 Å². The van der Waals surface area contributed by atoms with E-state index in [1.165, 1.54) is 0 Å². The lowest BCUT2D eigenvalue weighted by Gasteiger charge is -2.10. The van der Waals surface area contributed by atoms with Gasteiger partial charge in [-0.3, -0.25) is 9.59 Å². The highest BCUT2D eigenvalue weighted by Gasteiger charge is 2.20. The number of nitrogens with zero attached hydrogens (tertiary/aromatic N) is 2. The predicted octanol–water partition coefficient (Wildman–Crippen LogP) is 3.02. The molecule has 0 bridgehead atoms. The summed E-state index contributed by atoms with van der Waals surface area (Å²) in [6.07, 6.45) is 1.14. The number of hydrogen-bond acceptors (Lipinski definition) is 4. The summed E-state index contributed by atoms with van der Waals surface area (Å²) in [6, 6.07) is 5.47. The van der Waals surface area contributed by atoms with Crippen molar-refractivity contribution >= 4 is 34.1 Å². The number of carbonyl (C=O) groups excluding carboxylic acids is 2. The minimum atomic E-state index is 0.0245. The highest BCUT2D eigenvalue weighted by atomic mass is 35.5. The van der Waals surface area contributed by atoms with Crippen LogP contribution in [0.1, 0.15) is 28.9 Å². The van der Waals surface area contributed by atoms with Crippen molar-refractivity contribution in [2.45, 2.75) is 19.3 Å². The molecule has 0 radical (unpaired) electrons. The number of rotatable bonds is 9. The molecule has 0 aliphatic carbocycles.